The molecule has 4 aromatic rings. The zero-order chi connectivity index (χ0) is 27.3. The molecule has 6 nitrogen and oxygen atoms in total. The molecule has 4 rings (SSSR count). The van der Waals surface area contributed by atoms with E-state index in [9.17, 15) is 4.79 Å². The lowest BCUT2D eigenvalue weighted by molar-refractivity contribution is 0.0737. The lowest BCUT2D eigenvalue weighted by Crippen LogP contribution is -2.08. The molecule has 0 aliphatic heterocycles. The SMILES string of the molecule is CCCCCOc1ccc(N=Nc2ccc(OC(=O)c3ccc(OCCCCC)cc3)c3ccccc23)cc1. The highest BCUT2D eigenvalue weighted by Gasteiger charge is 2.13. The molecule has 0 unspecified atom stereocenters. The maximum Gasteiger partial charge on any atom is 0.343 e. The Hall–Kier alpha value is -4.19. The summed E-state index contributed by atoms with van der Waals surface area (Å²) in [6.45, 7) is 5.73. The van der Waals surface area contributed by atoms with Crippen molar-refractivity contribution in [2.24, 2.45) is 10.2 Å². The lowest BCUT2D eigenvalue weighted by Gasteiger charge is -2.10. The molecule has 0 saturated carbocycles. The van der Waals surface area contributed by atoms with E-state index >= 15 is 0 Å². The molecule has 0 heterocycles. The molecular weight excluding hydrogens is 488 g/mol. The maximum absolute atomic E-state index is 12.9. The topological polar surface area (TPSA) is 69.5 Å². The number of nitrogens with zero attached hydrogens (tertiary/aromatic N) is 2. The summed E-state index contributed by atoms with van der Waals surface area (Å²) in [5.74, 6) is 1.62. The predicted molar refractivity (Wildman–Crippen MR) is 156 cm³/mol. The molecule has 0 bridgehead atoms. The molecule has 0 amide bonds. The Labute approximate surface area is 230 Å². The largest absolute Gasteiger partial charge is 0.494 e. The number of benzene rings is 4. The quantitative estimate of drug-likeness (QED) is 0.0712. The third-order valence-electron chi connectivity index (χ3n) is 6.30. The van der Waals surface area contributed by atoms with E-state index in [4.69, 9.17) is 14.2 Å². The van der Waals surface area contributed by atoms with E-state index < -0.39 is 5.97 Å². The lowest BCUT2D eigenvalue weighted by atomic mass is 10.1. The molecule has 0 atom stereocenters. The second-order valence-corrected chi connectivity index (χ2v) is 9.35. The number of ether oxygens (including phenoxy) is 3. The number of unbranched alkanes of at least 4 members (excludes halogenated alkanes) is 4. The van der Waals surface area contributed by atoms with Crippen molar-refractivity contribution in [2.45, 2.75) is 52.4 Å². The van der Waals surface area contributed by atoms with Gasteiger partial charge in [0, 0.05) is 10.8 Å². The molecular formula is C33H36N2O4. The number of rotatable bonds is 14. The molecule has 4 aromatic carbocycles. The van der Waals surface area contributed by atoms with Crippen molar-refractivity contribution >= 4 is 28.1 Å². The van der Waals surface area contributed by atoms with E-state index in [0.29, 0.717) is 23.6 Å². The number of carbonyl (C=O) groups is 1. The number of esters is 1. The normalized spacial score (nSPS) is 11.1. The van der Waals surface area contributed by atoms with E-state index in [2.05, 4.69) is 24.1 Å². The van der Waals surface area contributed by atoms with Gasteiger partial charge >= 0.3 is 5.97 Å². The summed E-state index contributed by atoms with van der Waals surface area (Å²) < 4.78 is 17.3. The van der Waals surface area contributed by atoms with Gasteiger partial charge in [-0.2, -0.15) is 5.11 Å². The van der Waals surface area contributed by atoms with Crippen LogP contribution in [0.25, 0.3) is 10.8 Å². The molecule has 0 N–H and O–H groups in total. The van der Waals surface area contributed by atoms with Gasteiger partial charge in [-0.15, -0.1) is 5.11 Å². The van der Waals surface area contributed by atoms with Gasteiger partial charge < -0.3 is 14.2 Å². The van der Waals surface area contributed by atoms with E-state index in [1.807, 2.05) is 54.6 Å². The van der Waals surface area contributed by atoms with Crippen LogP contribution in [0.1, 0.15) is 62.7 Å². The Balaban J connectivity index is 1.42. The molecule has 202 valence electrons. The van der Waals surface area contributed by atoms with E-state index in [1.165, 1.54) is 12.8 Å². The van der Waals surface area contributed by atoms with Gasteiger partial charge in [0.2, 0.25) is 0 Å². The summed E-state index contributed by atoms with van der Waals surface area (Å²) in [6.07, 6.45) is 6.69. The first kappa shape index (κ1) is 27.8. The van der Waals surface area contributed by atoms with Gasteiger partial charge in [-0.05, 0) is 73.5 Å². The third kappa shape index (κ3) is 8.14. The van der Waals surface area contributed by atoms with Crippen molar-refractivity contribution in [2.75, 3.05) is 13.2 Å². The van der Waals surface area contributed by atoms with Crippen molar-refractivity contribution in [3.05, 3.63) is 90.5 Å². The van der Waals surface area contributed by atoms with Crippen molar-refractivity contribution < 1.29 is 19.0 Å². The van der Waals surface area contributed by atoms with Gasteiger partial charge in [-0.3, -0.25) is 0 Å². The fourth-order valence-electron chi connectivity index (χ4n) is 4.08. The highest BCUT2D eigenvalue weighted by molar-refractivity contribution is 5.99. The van der Waals surface area contributed by atoms with Crippen LogP contribution in [0.4, 0.5) is 11.4 Å². The van der Waals surface area contributed by atoms with Crippen molar-refractivity contribution in [1.82, 2.24) is 0 Å². The summed E-state index contributed by atoms with van der Waals surface area (Å²) in [4.78, 5) is 12.9. The summed E-state index contributed by atoms with van der Waals surface area (Å²) >= 11 is 0. The van der Waals surface area contributed by atoms with Crippen LogP contribution in [-0.4, -0.2) is 19.2 Å². The summed E-state index contributed by atoms with van der Waals surface area (Å²) in [5.41, 5.74) is 1.88. The molecule has 0 aliphatic rings. The van der Waals surface area contributed by atoms with Gasteiger partial charge in [0.1, 0.15) is 17.2 Å². The van der Waals surface area contributed by atoms with Gasteiger partial charge in [-0.1, -0.05) is 63.8 Å². The highest BCUT2D eigenvalue weighted by atomic mass is 16.5. The van der Waals surface area contributed by atoms with E-state index in [1.54, 1.807) is 30.3 Å². The zero-order valence-electron chi connectivity index (χ0n) is 22.8. The summed E-state index contributed by atoms with van der Waals surface area (Å²) in [5, 5.41) is 10.5. The minimum absolute atomic E-state index is 0.427. The predicted octanol–water partition coefficient (Wildman–Crippen LogP) is 9.61. The summed E-state index contributed by atoms with van der Waals surface area (Å²) in [7, 11) is 0. The first-order valence-corrected chi connectivity index (χ1v) is 13.8. The van der Waals surface area contributed by atoms with Crippen LogP contribution in [0, 0.1) is 0 Å². The Morgan fingerprint density at radius 2 is 1.23 bits per heavy atom. The number of hydrogen-bond donors (Lipinski definition) is 0. The summed E-state index contributed by atoms with van der Waals surface area (Å²) in [6, 6.07) is 25.9. The first-order valence-electron chi connectivity index (χ1n) is 13.8. The first-order chi connectivity index (χ1) is 19.2. The monoisotopic (exact) mass is 524 g/mol. The minimum Gasteiger partial charge on any atom is -0.494 e. The van der Waals surface area contributed by atoms with Crippen molar-refractivity contribution in [1.29, 1.82) is 0 Å². The van der Waals surface area contributed by atoms with Gasteiger partial charge in [0.25, 0.3) is 0 Å². The molecule has 0 aromatic heterocycles. The molecule has 0 aliphatic carbocycles. The van der Waals surface area contributed by atoms with Gasteiger partial charge in [-0.25, -0.2) is 4.79 Å². The molecule has 39 heavy (non-hydrogen) atoms. The average molecular weight is 525 g/mol. The molecule has 6 heteroatoms. The maximum atomic E-state index is 12.9. The average Bonchev–Trinajstić information content (AvgIpc) is 2.98. The van der Waals surface area contributed by atoms with E-state index in [0.717, 1.165) is 60.2 Å². The highest BCUT2D eigenvalue weighted by Crippen LogP contribution is 2.35. The smallest absolute Gasteiger partial charge is 0.343 e. The molecule has 0 saturated heterocycles. The minimum atomic E-state index is -0.427. The molecule has 0 radical (unpaired) electrons. The zero-order valence-corrected chi connectivity index (χ0v) is 22.8. The van der Waals surface area contributed by atoms with Crippen molar-refractivity contribution in [3.63, 3.8) is 0 Å². The standard InChI is InChI=1S/C33H36N2O4/c1-3-5-9-23-37-27-17-13-25(14-18-27)33(36)39-32-22-21-31(29-11-7-8-12-30(29)32)35-34-26-15-19-28(20-16-26)38-24-10-6-4-2/h7-8,11-22H,3-6,9-10,23-24H2,1-2H3. The van der Waals surface area contributed by atoms with E-state index in [-0.39, 0.29) is 0 Å². The van der Waals surface area contributed by atoms with Crippen LogP contribution >= 0.6 is 0 Å². The Kier molecular flexibility index (Phi) is 10.5. The number of fused-ring (bicyclic) bond motifs is 1. The fourth-order valence-corrected chi connectivity index (χ4v) is 4.08. The van der Waals surface area contributed by atoms with Crippen LogP contribution in [0.5, 0.6) is 17.2 Å². The van der Waals surface area contributed by atoms with Crippen molar-refractivity contribution in [3.8, 4) is 17.2 Å². The van der Waals surface area contributed by atoms with Crippen LogP contribution in [-0.2, 0) is 0 Å². The van der Waals surface area contributed by atoms with Crippen LogP contribution < -0.4 is 14.2 Å². The third-order valence-corrected chi connectivity index (χ3v) is 6.30. The number of azo groups is 1. The second kappa shape index (κ2) is 14.7. The number of carbonyl (C=O) groups excluding carboxylic acids is 1. The van der Waals surface area contributed by atoms with Crippen LogP contribution in [0.2, 0.25) is 0 Å². The van der Waals surface area contributed by atoms with Gasteiger partial charge in [0.15, 0.2) is 0 Å². The Bertz CT molecular complexity index is 1370. The molecule has 0 fully saturated rings. The van der Waals surface area contributed by atoms with Crippen LogP contribution in [0.3, 0.4) is 0 Å². The van der Waals surface area contributed by atoms with Crippen LogP contribution in [0.15, 0.2) is 95.2 Å². The Morgan fingerprint density at radius 1 is 0.641 bits per heavy atom. The second-order valence-electron chi connectivity index (χ2n) is 9.35. The fraction of sp³-hybridized carbons (Fsp3) is 0.303. The number of hydrogen-bond acceptors (Lipinski definition) is 6. The Morgan fingerprint density at radius 3 is 1.85 bits per heavy atom. The van der Waals surface area contributed by atoms with Gasteiger partial charge in [0.05, 0.1) is 30.2 Å². The molecule has 0 spiro atoms.